The number of nitrogens with one attached hydrogen (secondary N) is 2. The van der Waals surface area contributed by atoms with E-state index in [0.717, 1.165) is 48.3 Å². The monoisotopic (exact) mass is 941 g/mol. The molecule has 1 saturated heterocycles. The number of para-hydroxylation sites is 1. The lowest BCUT2D eigenvalue weighted by Crippen LogP contribution is -2.59. The van der Waals surface area contributed by atoms with Crippen LogP contribution in [0.15, 0.2) is 66.2 Å². The van der Waals surface area contributed by atoms with Gasteiger partial charge in [-0.1, -0.05) is 93.8 Å². The number of nitrogens with zero attached hydrogens (tertiary/aromatic N) is 6. The molecule has 3 heterocycles. The van der Waals surface area contributed by atoms with Crippen molar-refractivity contribution in [2.45, 2.75) is 150 Å². The maximum absolute atomic E-state index is 15.2. The van der Waals surface area contributed by atoms with Gasteiger partial charge in [0, 0.05) is 37.4 Å². The van der Waals surface area contributed by atoms with Gasteiger partial charge < -0.3 is 25.4 Å². The first kappa shape index (κ1) is 52.5. The Bertz CT molecular complexity index is 2240. The van der Waals surface area contributed by atoms with E-state index >= 15 is 4.79 Å². The van der Waals surface area contributed by atoms with E-state index in [9.17, 15) is 24.3 Å². The number of aryl methyl sites for hydroxylation is 2. The highest BCUT2D eigenvalue weighted by Crippen LogP contribution is 2.33. The van der Waals surface area contributed by atoms with Crippen LogP contribution in [-0.4, -0.2) is 109 Å². The second-order valence-electron chi connectivity index (χ2n) is 19.3. The number of carboxylic acids is 1. The Labute approximate surface area is 400 Å². The maximum atomic E-state index is 15.2. The summed E-state index contributed by atoms with van der Waals surface area (Å²) >= 11 is 1.19. The first-order chi connectivity index (χ1) is 31.9. The molecule has 0 bridgehead atoms. The number of hydrogen-bond donors (Lipinski definition) is 3. The molecule has 4 aromatic rings. The molecule has 2 aromatic carbocycles. The Kier molecular flexibility index (Phi) is 19.2. The van der Waals surface area contributed by atoms with E-state index < -0.39 is 47.5 Å². The summed E-state index contributed by atoms with van der Waals surface area (Å²) in [5, 5.41) is 26.9. The number of amides is 3. The first-order valence-corrected chi connectivity index (χ1v) is 24.7. The maximum Gasteiger partial charge on any atom is 0.309 e. The molecule has 0 unspecified atom stereocenters. The summed E-state index contributed by atoms with van der Waals surface area (Å²) in [6.07, 6.45) is 7.13. The van der Waals surface area contributed by atoms with Gasteiger partial charge in [-0.05, 0) is 109 Å². The van der Waals surface area contributed by atoms with Crippen LogP contribution in [0.5, 0.6) is 0 Å². The smallest absolute Gasteiger partial charge is 0.309 e. The summed E-state index contributed by atoms with van der Waals surface area (Å²) in [7, 11) is 1.95. The third kappa shape index (κ3) is 15.0. The molecule has 3 N–H and O–H groups in total. The molecule has 5 rings (SSSR count). The molecule has 15 nitrogen and oxygen atoms in total. The van der Waals surface area contributed by atoms with E-state index in [1.165, 1.54) is 18.3 Å². The highest BCUT2D eigenvalue weighted by atomic mass is 32.1. The van der Waals surface area contributed by atoms with E-state index in [0.29, 0.717) is 43.7 Å². The van der Waals surface area contributed by atoms with Crippen LogP contribution in [0.25, 0.3) is 5.69 Å². The quantitative estimate of drug-likeness (QED) is 0.0460. The van der Waals surface area contributed by atoms with Crippen LogP contribution in [0.1, 0.15) is 138 Å². The lowest BCUT2D eigenvalue weighted by Gasteiger charge is -2.40. The van der Waals surface area contributed by atoms with Gasteiger partial charge >= 0.3 is 11.9 Å². The molecule has 0 aliphatic carbocycles. The van der Waals surface area contributed by atoms with Gasteiger partial charge in [-0.2, -0.15) is 0 Å². The number of aromatic nitrogens is 4. The molecule has 1 aliphatic heterocycles. The molecule has 0 radical (unpaired) electrons. The van der Waals surface area contributed by atoms with E-state index in [-0.39, 0.29) is 48.2 Å². The lowest BCUT2D eigenvalue weighted by molar-refractivity contribution is -0.150. The topological polar surface area (TPSA) is 189 Å². The van der Waals surface area contributed by atoms with Gasteiger partial charge in [0.15, 0.2) is 6.10 Å². The fourth-order valence-electron chi connectivity index (χ4n) is 8.73. The van der Waals surface area contributed by atoms with Gasteiger partial charge in [0.25, 0.3) is 5.91 Å². The van der Waals surface area contributed by atoms with Gasteiger partial charge in [0.2, 0.25) is 11.8 Å². The van der Waals surface area contributed by atoms with Crippen LogP contribution in [0.4, 0.5) is 0 Å². The molecule has 364 valence electrons. The zero-order valence-electron chi connectivity index (χ0n) is 40.9. The molecule has 1 aliphatic rings. The zero-order chi connectivity index (χ0) is 48.8. The number of esters is 1. The molecule has 3 amide bonds. The number of carbonyl (C=O) groups excluding carboxylic acids is 4. The number of carboxylic acid groups (broad SMARTS) is 1. The number of likely N-dealkylation sites (N-methyl/N-ethyl adjacent to an activating group) is 1. The molecule has 0 spiro atoms. The number of carbonyl (C=O) groups is 5. The SMILES string of the molecule is CC[C@H](C)[C@H](NC(=O)[C@H]1CCCCN1C)C(=O)N(CCCCc1cn(-c2ccccc2)nn1)[C@H](C[C@@H](OC(C)=O)c1nc(C(=O)N[C@@H](Cc2ccc(C)cc2)CC(C)(C)C(=O)O)cs1)C(C)C. The fraction of sp³-hybridized carbons (Fsp3) is 0.569. The Hall–Kier alpha value is -5.48. The van der Waals surface area contributed by atoms with Crippen molar-refractivity contribution < 1.29 is 33.8 Å². The molecule has 6 atom stereocenters. The zero-order valence-corrected chi connectivity index (χ0v) is 41.7. The number of piperidine rings is 1. The molecule has 2 aromatic heterocycles. The van der Waals surface area contributed by atoms with Crippen LogP contribution in [0.3, 0.4) is 0 Å². The molecule has 67 heavy (non-hydrogen) atoms. The summed E-state index contributed by atoms with van der Waals surface area (Å²) in [6.45, 7) is 15.8. The second-order valence-corrected chi connectivity index (χ2v) is 20.2. The normalized spacial score (nSPS) is 16.7. The van der Waals surface area contributed by atoms with Crippen LogP contribution < -0.4 is 10.6 Å². The minimum Gasteiger partial charge on any atom is -0.481 e. The first-order valence-electron chi connectivity index (χ1n) is 23.9. The van der Waals surface area contributed by atoms with E-state index in [1.807, 2.05) is 107 Å². The predicted octanol–water partition coefficient (Wildman–Crippen LogP) is 7.76. The van der Waals surface area contributed by atoms with Crippen LogP contribution in [-0.2, 0) is 36.8 Å². The number of unbranched alkanes of at least 4 members (excludes halogenated alkanes) is 1. The van der Waals surface area contributed by atoms with Gasteiger partial charge in [-0.15, -0.1) is 16.4 Å². The van der Waals surface area contributed by atoms with E-state index in [1.54, 1.807) is 23.9 Å². The van der Waals surface area contributed by atoms with Gasteiger partial charge in [0.1, 0.15) is 16.7 Å². The number of hydrogen-bond acceptors (Lipinski definition) is 11. The summed E-state index contributed by atoms with van der Waals surface area (Å²) in [5.41, 5.74) is 2.78. The van der Waals surface area contributed by atoms with Crippen LogP contribution >= 0.6 is 11.3 Å². The minimum atomic E-state index is -1.11. The minimum absolute atomic E-state index is 0.115. The molecular weight excluding hydrogens is 869 g/mol. The van der Waals surface area contributed by atoms with Crippen molar-refractivity contribution in [3.8, 4) is 5.69 Å². The Morgan fingerprint density at radius 2 is 1.72 bits per heavy atom. The lowest BCUT2D eigenvalue weighted by atomic mass is 9.84. The Morgan fingerprint density at radius 3 is 2.36 bits per heavy atom. The van der Waals surface area contributed by atoms with Gasteiger partial charge in [-0.25, -0.2) is 9.67 Å². The van der Waals surface area contributed by atoms with Crippen molar-refractivity contribution in [2.24, 2.45) is 17.3 Å². The average Bonchev–Trinajstić information content (AvgIpc) is 3.99. The van der Waals surface area contributed by atoms with Crippen molar-refractivity contribution in [1.29, 1.82) is 0 Å². The number of aliphatic carboxylic acids is 1. The number of thiazole rings is 1. The standard InChI is InChI=1S/C51H72N8O7S/c1-10-35(5)45(54-47(62)42-21-15-16-26-57(42)9)49(63)58(27-17-14-18-38-31-59(56-55-38)40-19-12-11-13-20-40)43(33(2)3)29-44(66-36(6)60)48-53-41(32-67-48)46(61)52-39(30-51(7,8)50(64)65)28-37-24-22-34(4)23-25-37/h11-13,19-20,22-25,31-33,35,39,42-45H,10,14-18,21,26-30H2,1-9H3,(H,52,61)(H,54,62)(H,64,65)/t35-,39-,42+,43+,44+,45-/m0/s1. The van der Waals surface area contributed by atoms with Crippen LogP contribution in [0, 0.1) is 24.2 Å². The Balaban J connectivity index is 1.41. The van der Waals surface area contributed by atoms with Crippen molar-refractivity contribution >= 4 is 41.0 Å². The fourth-order valence-corrected chi connectivity index (χ4v) is 9.57. The average molecular weight is 941 g/mol. The largest absolute Gasteiger partial charge is 0.481 e. The molecule has 0 saturated carbocycles. The van der Waals surface area contributed by atoms with Crippen molar-refractivity contribution in [2.75, 3.05) is 20.1 Å². The Morgan fingerprint density at radius 1 is 1.00 bits per heavy atom. The molecular formula is C51H72N8O7S. The molecule has 1 fully saturated rings. The molecule has 16 heteroatoms. The second kappa shape index (κ2) is 24.5. The predicted molar refractivity (Wildman–Crippen MR) is 260 cm³/mol. The highest BCUT2D eigenvalue weighted by Gasteiger charge is 2.39. The van der Waals surface area contributed by atoms with Crippen LogP contribution in [0.2, 0.25) is 0 Å². The van der Waals surface area contributed by atoms with Crippen molar-refractivity contribution in [3.63, 3.8) is 0 Å². The third-order valence-electron chi connectivity index (χ3n) is 13.0. The summed E-state index contributed by atoms with van der Waals surface area (Å²) in [4.78, 5) is 76.7. The van der Waals surface area contributed by atoms with E-state index in [4.69, 9.17) is 9.72 Å². The van der Waals surface area contributed by atoms with Crippen molar-refractivity contribution in [3.05, 3.63) is 93.7 Å². The number of benzene rings is 2. The summed E-state index contributed by atoms with van der Waals surface area (Å²) < 4.78 is 7.74. The van der Waals surface area contributed by atoms with E-state index in [2.05, 4.69) is 25.8 Å². The number of likely N-dealkylation sites (tertiary alicyclic amines) is 1. The van der Waals surface area contributed by atoms with Gasteiger partial charge in [0.05, 0.1) is 29.0 Å². The summed E-state index contributed by atoms with van der Waals surface area (Å²) in [5.74, 6) is -2.61. The third-order valence-corrected chi connectivity index (χ3v) is 14.0. The number of rotatable bonds is 24. The van der Waals surface area contributed by atoms with Crippen molar-refractivity contribution in [1.82, 2.24) is 40.4 Å². The number of ether oxygens (including phenoxy) is 1. The summed E-state index contributed by atoms with van der Waals surface area (Å²) in [6, 6.07) is 15.6. The van der Waals surface area contributed by atoms with Gasteiger partial charge in [-0.3, -0.25) is 28.9 Å². The highest BCUT2D eigenvalue weighted by molar-refractivity contribution is 7.09.